The van der Waals surface area contributed by atoms with Crippen LogP contribution in [-0.4, -0.2) is 44.6 Å². The van der Waals surface area contributed by atoms with Gasteiger partial charge in [0.05, 0.1) is 18.3 Å². The quantitative estimate of drug-likeness (QED) is 0.533. The molecule has 2 bridgehead atoms. The molecule has 1 aromatic carbocycles. The number of rotatable bonds is 2. The summed E-state index contributed by atoms with van der Waals surface area (Å²) in [7, 11) is 0. The number of hydrogen-bond acceptors (Lipinski definition) is 6. The lowest BCUT2D eigenvalue weighted by molar-refractivity contribution is -0.156. The number of tetrazole rings is 1. The van der Waals surface area contributed by atoms with E-state index in [-0.39, 0.29) is 17.9 Å². The number of hydrogen-bond donors (Lipinski definition) is 0. The highest BCUT2D eigenvalue weighted by Gasteiger charge is 2.45. The molecule has 114 valence electrons. The van der Waals surface area contributed by atoms with Gasteiger partial charge in [-0.1, -0.05) is 0 Å². The molecular formula is C13H11IN4O3S. The summed E-state index contributed by atoms with van der Waals surface area (Å²) in [5.41, 5.74) is 0.834. The minimum atomic E-state index is -0.721. The first-order chi connectivity index (χ1) is 10.6. The van der Waals surface area contributed by atoms with Crippen molar-refractivity contribution in [2.45, 2.75) is 24.9 Å². The largest absolute Gasteiger partial charge is 0.343 e. The number of aromatic nitrogens is 4. The van der Waals surface area contributed by atoms with Crippen molar-refractivity contribution in [2.24, 2.45) is 0 Å². The Labute approximate surface area is 144 Å². The molecule has 0 spiro atoms. The van der Waals surface area contributed by atoms with Crippen LogP contribution in [0.5, 0.6) is 0 Å². The van der Waals surface area contributed by atoms with Gasteiger partial charge < -0.3 is 9.47 Å². The first-order valence-corrected chi connectivity index (χ1v) is 8.22. The van der Waals surface area contributed by atoms with E-state index in [0.717, 1.165) is 9.26 Å². The van der Waals surface area contributed by atoms with Crippen molar-refractivity contribution in [3.05, 3.63) is 32.6 Å². The number of carbonyl (C=O) groups is 1. The molecule has 0 unspecified atom stereocenters. The summed E-state index contributed by atoms with van der Waals surface area (Å²) < 4.78 is 15.6. The van der Waals surface area contributed by atoms with E-state index in [1.165, 1.54) is 0 Å². The van der Waals surface area contributed by atoms with Crippen LogP contribution in [0.15, 0.2) is 24.3 Å². The Balaban J connectivity index is 1.71. The summed E-state index contributed by atoms with van der Waals surface area (Å²) >= 11 is 7.70. The Hall–Kier alpha value is -1.17. The second-order valence-corrected chi connectivity index (χ2v) is 6.78. The van der Waals surface area contributed by atoms with Crippen LogP contribution in [0.2, 0.25) is 0 Å². The number of Topliss-reactive ketones (excluding diaryl/α,β-unsaturated/α-hetero) is 1. The van der Waals surface area contributed by atoms with Gasteiger partial charge in [0.25, 0.3) is 0 Å². The molecule has 0 aliphatic carbocycles. The van der Waals surface area contributed by atoms with Crippen molar-refractivity contribution in [1.82, 2.24) is 19.8 Å². The lowest BCUT2D eigenvalue weighted by Gasteiger charge is -2.25. The van der Waals surface area contributed by atoms with Crippen LogP contribution >= 0.6 is 34.8 Å². The molecule has 7 nitrogen and oxygen atoms in total. The van der Waals surface area contributed by atoms with E-state index in [0.29, 0.717) is 17.8 Å². The summed E-state index contributed by atoms with van der Waals surface area (Å²) in [6.07, 6.45) is -0.632. The lowest BCUT2D eigenvalue weighted by atomic mass is 10.0. The minimum Gasteiger partial charge on any atom is -0.343 e. The topological polar surface area (TPSA) is 71.2 Å². The number of fused-ring (bicyclic) bond motifs is 2. The monoisotopic (exact) mass is 430 g/mol. The lowest BCUT2D eigenvalue weighted by Crippen LogP contribution is -2.37. The zero-order valence-electron chi connectivity index (χ0n) is 11.3. The molecular weight excluding hydrogens is 419 g/mol. The van der Waals surface area contributed by atoms with E-state index >= 15 is 0 Å². The van der Waals surface area contributed by atoms with Gasteiger partial charge in [0.2, 0.25) is 11.1 Å². The predicted molar refractivity (Wildman–Crippen MR) is 86.2 cm³/mol. The smallest absolute Gasteiger partial charge is 0.221 e. The van der Waals surface area contributed by atoms with Crippen molar-refractivity contribution in [3.8, 4) is 5.69 Å². The number of halogens is 1. The average Bonchev–Trinajstić information content (AvgIpc) is 3.10. The van der Waals surface area contributed by atoms with Crippen molar-refractivity contribution >= 4 is 40.6 Å². The molecule has 3 atom stereocenters. The number of benzene rings is 1. The molecule has 2 aliphatic rings. The van der Waals surface area contributed by atoms with Crippen LogP contribution in [0.3, 0.4) is 0 Å². The second-order valence-electron chi connectivity index (χ2n) is 5.17. The van der Waals surface area contributed by atoms with Gasteiger partial charge in [-0.2, -0.15) is 4.68 Å². The molecule has 4 rings (SSSR count). The maximum Gasteiger partial charge on any atom is 0.221 e. The van der Waals surface area contributed by atoms with E-state index < -0.39 is 6.29 Å². The van der Waals surface area contributed by atoms with E-state index in [2.05, 4.69) is 33.0 Å². The molecule has 2 saturated heterocycles. The van der Waals surface area contributed by atoms with Gasteiger partial charge in [0.1, 0.15) is 6.10 Å². The Morgan fingerprint density at radius 1 is 1.27 bits per heavy atom. The third kappa shape index (κ3) is 2.32. The number of carbonyl (C=O) groups excluding carboxylic acids is 1. The summed E-state index contributed by atoms with van der Waals surface area (Å²) in [5, 5.41) is 8.24. The Morgan fingerprint density at radius 3 is 2.82 bits per heavy atom. The van der Waals surface area contributed by atoms with Crippen LogP contribution in [0.25, 0.3) is 5.69 Å². The molecule has 22 heavy (non-hydrogen) atoms. The van der Waals surface area contributed by atoms with Crippen molar-refractivity contribution in [2.75, 3.05) is 6.61 Å². The Kier molecular flexibility index (Phi) is 3.59. The molecule has 9 heteroatoms. The molecule has 0 N–H and O–H groups in total. The normalized spacial score (nSPS) is 27.3. The highest BCUT2D eigenvalue weighted by Crippen LogP contribution is 2.32. The van der Waals surface area contributed by atoms with Crippen molar-refractivity contribution in [3.63, 3.8) is 0 Å². The van der Waals surface area contributed by atoms with Gasteiger partial charge in [0.15, 0.2) is 5.78 Å². The first-order valence-electron chi connectivity index (χ1n) is 6.74. The van der Waals surface area contributed by atoms with Crippen LogP contribution in [0, 0.1) is 8.34 Å². The van der Waals surface area contributed by atoms with E-state index in [1.54, 1.807) is 9.36 Å². The van der Waals surface area contributed by atoms with E-state index in [1.807, 2.05) is 24.3 Å². The third-order valence-corrected chi connectivity index (χ3v) is 4.88. The van der Waals surface area contributed by atoms with Gasteiger partial charge in [-0.05, 0) is 69.5 Å². The molecule has 2 aromatic rings. The Bertz CT molecular complexity index is 787. The van der Waals surface area contributed by atoms with Crippen molar-refractivity contribution in [1.29, 1.82) is 0 Å². The average molecular weight is 430 g/mol. The van der Waals surface area contributed by atoms with Crippen molar-refractivity contribution < 1.29 is 14.3 Å². The summed E-state index contributed by atoms with van der Waals surface area (Å²) in [6.45, 7) is 0.374. The molecule has 0 radical (unpaired) electrons. The minimum absolute atomic E-state index is 0.0792. The Morgan fingerprint density at radius 2 is 2.05 bits per heavy atom. The van der Waals surface area contributed by atoms with Crippen LogP contribution < -0.4 is 0 Å². The number of ketones is 1. The number of ether oxygens (including phenoxy) is 2. The van der Waals surface area contributed by atoms with E-state index in [9.17, 15) is 4.79 Å². The van der Waals surface area contributed by atoms with Gasteiger partial charge in [-0.3, -0.25) is 4.79 Å². The molecule has 2 aliphatic heterocycles. The summed E-state index contributed by atoms with van der Waals surface area (Å²) in [5.74, 6) is -0.0792. The fraction of sp³-hybridized carbons (Fsp3) is 0.385. The maximum atomic E-state index is 11.9. The zero-order valence-corrected chi connectivity index (χ0v) is 14.2. The fourth-order valence-electron chi connectivity index (χ4n) is 2.68. The standard InChI is InChI=1S/C13H11IN4O3S/c14-7-1-3-8(4-2-7)17-13(22)18(16-15-17)9-5-10(19)12-20-6-11(9)21-12/h1-4,9,11-12H,5-6H2/t9-,11+,12-/m0/s1. The molecule has 2 fully saturated rings. The molecule has 0 amide bonds. The molecule has 3 heterocycles. The van der Waals surface area contributed by atoms with Crippen LogP contribution in [0.1, 0.15) is 12.5 Å². The predicted octanol–water partition coefficient (Wildman–Crippen LogP) is 1.66. The van der Waals surface area contributed by atoms with Gasteiger partial charge in [-0.15, -0.1) is 0 Å². The SMILES string of the molecule is O=C1C[C@H](n2nnn(-c3ccc(I)cc3)c2=S)[C@H]2CO[C@H]1O2. The van der Waals surface area contributed by atoms with Gasteiger partial charge >= 0.3 is 0 Å². The summed E-state index contributed by atoms with van der Waals surface area (Å²) in [6, 6.07) is 7.52. The van der Waals surface area contributed by atoms with Gasteiger partial charge in [0, 0.05) is 9.99 Å². The first kappa shape index (κ1) is 14.4. The maximum absolute atomic E-state index is 11.9. The second kappa shape index (κ2) is 5.48. The van der Waals surface area contributed by atoms with Crippen LogP contribution in [0.4, 0.5) is 0 Å². The fourth-order valence-corrected chi connectivity index (χ4v) is 3.35. The third-order valence-electron chi connectivity index (χ3n) is 3.80. The highest BCUT2D eigenvalue weighted by molar-refractivity contribution is 14.1. The van der Waals surface area contributed by atoms with E-state index in [4.69, 9.17) is 21.7 Å². The van der Waals surface area contributed by atoms with Crippen LogP contribution in [-0.2, 0) is 14.3 Å². The highest BCUT2D eigenvalue weighted by atomic mass is 127. The number of nitrogens with zero attached hydrogens (tertiary/aromatic N) is 4. The molecule has 0 saturated carbocycles. The summed E-state index contributed by atoms with van der Waals surface area (Å²) in [4.78, 5) is 11.9. The van der Waals surface area contributed by atoms with Gasteiger partial charge in [-0.25, -0.2) is 4.68 Å². The zero-order chi connectivity index (χ0) is 15.3. The molecule has 1 aromatic heterocycles.